The van der Waals surface area contributed by atoms with E-state index in [0.29, 0.717) is 11.3 Å². The Kier molecular flexibility index (Phi) is 11.4. The molecule has 0 saturated carbocycles. The van der Waals surface area contributed by atoms with Crippen LogP contribution in [0, 0.1) is 0 Å². The molecule has 1 amide bonds. The molecule has 5 atom stereocenters. The number of rotatable bonds is 13. The van der Waals surface area contributed by atoms with Crippen molar-refractivity contribution in [2.75, 3.05) is 18.2 Å². The van der Waals surface area contributed by atoms with Crippen LogP contribution in [0.4, 0.5) is 5.69 Å². The van der Waals surface area contributed by atoms with Crippen LogP contribution in [0.15, 0.2) is 47.4 Å². The van der Waals surface area contributed by atoms with Gasteiger partial charge in [-0.3, -0.25) is 18.7 Å². The number of aliphatic hydroxyl groups excluding tert-OH is 1. The number of aromatic nitrogens is 1. The Morgan fingerprint density at radius 3 is 2.48 bits per heavy atom. The molecule has 2 heterocycles. The Morgan fingerprint density at radius 2 is 1.82 bits per heavy atom. The first-order valence-corrected chi connectivity index (χ1v) is 18.2. The molecule has 1 fully saturated rings. The molecule has 3 rings (SSSR count). The molecule has 0 spiro atoms. The Labute approximate surface area is 234 Å². The van der Waals surface area contributed by atoms with Crippen molar-refractivity contribution in [2.24, 2.45) is 0 Å². The molecule has 2 aromatic rings. The van der Waals surface area contributed by atoms with Gasteiger partial charge in [0, 0.05) is 35.7 Å². The van der Waals surface area contributed by atoms with Gasteiger partial charge < -0.3 is 34.7 Å². The normalized spacial score (nSPS) is 22.4. The summed E-state index contributed by atoms with van der Waals surface area (Å²) in [5.41, 5.74) is 0.883. The van der Waals surface area contributed by atoms with Crippen LogP contribution in [0.1, 0.15) is 28.6 Å². The summed E-state index contributed by atoms with van der Waals surface area (Å²) >= 11 is 0. The summed E-state index contributed by atoms with van der Waals surface area (Å²) in [5, 5.41) is 12.9. The van der Waals surface area contributed by atoms with E-state index in [4.69, 9.17) is 14.5 Å². The van der Waals surface area contributed by atoms with E-state index in [1.165, 1.54) is 12.3 Å². The molecule has 222 valence electrons. The first-order valence-electron chi connectivity index (χ1n) is 11.0. The number of carbonyl (C=O) groups excluding carboxylic acids is 1. The number of amides is 1. The maximum Gasteiger partial charge on any atom is 0.490 e. The van der Waals surface area contributed by atoms with Crippen LogP contribution >= 0.6 is 45.1 Å². The summed E-state index contributed by atoms with van der Waals surface area (Å²) in [5.74, 6) is 0.199. The molecule has 0 radical (unpaired) electrons. The number of carbonyl (C=O) groups is 1. The number of hydrogen-bond acceptors (Lipinski definition) is 12. The van der Waals surface area contributed by atoms with Crippen LogP contribution in [0.5, 0.6) is 0 Å². The molecule has 0 aliphatic carbocycles. The van der Waals surface area contributed by atoms with Gasteiger partial charge in [-0.05, 0) is 24.0 Å². The number of hydrogen-bond donors (Lipinski definition) is 6. The maximum atomic E-state index is 12.8. The van der Waals surface area contributed by atoms with E-state index < -0.39 is 60.0 Å². The van der Waals surface area contributed by atoms with E-state index in [-0.39, 0.29) is 12.1 Å². The maximum absolute atomic E-state index is 12.8. The second kappa shape index (κ2) is 13.8. The van der Waals surface area contributed by atoms with Gasteiger partial charge in [0.1, 0.15) is 12.3 Å². The van der Waals surface area contributed by atoms with Gasteiger partial charge in [-0.25, -0.2) is 13.7 Å². The average Bonchev–Trinajstić information content (AvgIpc) is 3.19. The molecule has 1 aromatic carbocycles. The minimum atomic E-state index is -5.70. The lowest BCUT2D eigenvalue weighted by atomic mass is 10.1. The van der Waals surface area contributed by atoms with E-state index in [1.54, 1.807) is 33.7 Å². The third kappa shape index (κ3) is 9.89. The van der Waals surface area contributed by atoms with Crippen LogP contribution in [0.25, 0.3) is 0 Å². The topological polar surface area (TPSA) is 240 Å². The van der Waals surface area contributed by atoms with Crippen LogP contribution in [0.3, 0.4) is 0 Å². The van der Waals surface area contributed by atoms with Gasteiger partial charge in [0.05, 0.1) is 12.7 Å². The zero-order valence-electron chi connectivity index (χ0n) is 20.4. The zero-order valence-corrected chi connectivity index (χ0v) is 24.7. The lowest BCUT2D eigenvalue weighted by Gasteiger charge is -2.19. The molecule has 6 N–H and O–H groups in total. The van der Waals surface area contributed by atoms with Gasteiger partial charge in [0.25, 0.3) is 11.5 Å². The first kappa shape index (κ1) is 33.2. The summed E-state index contributed by atoms with van der Waals surface area (Å²) in [6.07, 6.45) is -0.595. The SMILES string of the molecule is CSSCc1ccccc1C(=O)Nc1ccn([C@H]2C[C@@H](O)[C@@H](COP(=O)(O)OP(=O)(O)OP(=O)(O)O)O2)c(=O)c1. The van der Waals surface area contributed by atoms with Gasteiger partial charge in [0.15, 0.2) is 0 Å². The Hall–Kier alpha value is -1.33. The monoisotopic (exact) mass is 662 g/mol. The van der Waals surface area contributed by atoms with E-state index in [1.807, 2.05) is 18.4 Å². The fourth-order valence-electron chi connectivity index (χ4n) is 3.50. The molecular formula is C19H25N2O14P3S2. The molecule has 1 aromatic heterocycles. The highest BCUT2D eigenvalue weighted by Crippen LogP contribution is 2.66. The molecular weight excluding hydrogens is 637 g/mol. The number of anilines is 1. The van der Waals surface area contributed by atoms with Crippen molar-refractivity contribution in [1.29, 1.82) is 0 Å². The van der Waals surface area contributed by atoms with E-state index >= 15 is 0 Å². The zero-order chi connectivity index (χ0) is 29.7. The summed E-state index contributed by atoms with van der Waals surface area (Å²) in [6.45, 7) is -0.877. The minimum Gasteiger partial charge on any atom is -0.390 e. The van der Waals surface area contributed by atoms with E-state index in [9.17, 15) is 38.2 Å². The second-order valence-corrected chi connectivity index (χ2v) is 15.0. The molecule has 40 heavy (non-hydrogen) atoms. The van der Waals surface area contributed by atoms with Gasteiger partial charge in [0.2, 0.25) is 0 Å². The Balaban J connectivity index is 1.62. The minimum absolute atomic E-state index is 0.156. The summed E-state index contributed by atoms with van der Waals surface area (Å²) in [6, 6.07) is 9.63. The fraction of sp³-hybridized carbons (Fsp3) is 0.368. The highest BCUT2D eigenvalue weighted by Gasteiger charge is 2.42. The molecule has 1 aliphatic rings. The molecule has 0 bridgehead atoms. The third-order valence-corrected chi connectivity index (χ3v) is 10.7. The second-order valence-electron chi connectivity index (χ2n) is 8.02. The number of benzene rings is 1. The number of nitrogens with one attached hydrogen (secondary N) is 1. The predicted octanol–water partition coefficient (Wildman–Crippen LogP) is 2.60. The lowest BCUT2D eigenvalue weighted by Crippen LogP contribution is -2.27. The quantitative estimate of drug-likeness (QED) is 0.133. The lowest BCUT2D eigenvalue weighted by molar-refractivity contribution is -0.0445. The molecule has 1 saturated heterocycles. The number of phosphoric acid groups is 3. The van der Waals surface area contributed by atoms with Gasteiger partial charge >= 0.3 is 23.5 Å². The van der Waals surface area contributed by atoms with Crippen molar-refractivity contribution >= 4 is 56.7 Å². The Morgan fingerprint density at radius 1 is 1.12 bits per heavy atom. The van der Waals surface area contributed by atoms with Crippen LogP contribution in [0.2, 0.25) is 0 Å². The van der Waals surface area contributed by atoms with Crippen molar-refractivity contribution in [3.8, 4) is 0 Å². The molecule has 21 heteroatoms. The summed E-state index contributed by atoms with van der Waals surface area (Å²) in [7, 11) is -13.5. The highest BCUT2D eigenvalue weighted by atomic mass is 33.1. The number of nitrogens with zero attached hydrogens (tertiary/aromatic N) is 1. The van der Waals surface area contributed by atoms with Crippen LogP contribution < -0.4 is 10.9 Å². The molecule has 1 aliphatic heterocycles. The highest BCUT2D eigenvalue weighted by molar-refractivity contribution is 8.76. The number of phosphoric ester groups is 1. The first-order chi connectivity index (χ1) is 18.6. The van der Waals surface area contributed by atoms with Crippen LogP contribution in [-0.2, 0) is 37.3 Å². The van der Waals surface area contributed by atoms with Gasteiger partial charge in [-0.1, -0.05) is 39.8 Å². The molecule has 16 nitrogen and oxygen atoms in total. The van der Waals surface area contributed by atoms with Crippen molar-refractivity contribution in [3.05, 3.63) is 64.1 Å². The van der Waals surface area contributed by atoms with Crippen molar-refractivity contribution in [3.63, 3.8) is 0 Å². The number of pyridine rings is 1. The van der Waals surface area contributed by atoms with Gasteiger partial charge in [-0.15, -0.1) is 0 Å². The summed E-state index contributed by atoms with van der Waals surface area (Å²) in [4.78, 5) is 61.4. The van der Waals surface area contributed by atoms with Gasteiger partial charge in [-0.2, -0.15) is 8.62 Å². The van der Waals surface area contributed by atoms with Crippen molar-refractivity contribution in [2.45, 2.75) is 30.6 Å². The summed E-state index contributed by atoms with van der Waals surface area (Å²) < 4.78 is 52.4. The largest absolute Gasteiger partial charge is 0.490 e. The number of ether oxygens (including phenoxy) is 1. The smallest absolute Gasteiger partial charge is 0.390 e. The number of aliphatic hydroxyl groups is 1. The molecule has 2 unspecified atom stereocenters. The van der Waals surface area contributed by atoms with E-state index in [0.717, 1.165) is 16.2 Å². The van der Waals surface area contributed by atoms with Crippen molar-refractivity contribution < 1.29 is 61.1 Å². The fourth-order valence-corrected chi connectivity index (χ4v) is 7.76. The predicted molar refractivity (Wildman–Crippen MR) is 144 cm³/mol. The average molecular weight is 662 g/mol. The Bertz CT molecular complexity index is 1420. The van der Waals surface area contributed by atoms with Crippen molar-refractivity contribution in [1.82, 2.24) is 4.57 Å². The standard InChI is InChI=1S/C19H25N2O14P3S2/c1-39-40-11-12-4-2-3-5-14(12)19(24)20-13-6-7-21(17(23)8-13)18-9-15(22)16(33-18)10-32-37(28,29)35-38(30,31)34-36(25,26)27/h2-8,15-16,18,22H,9-11H2,1H3,(H,20,24)(H,28,29)(H,30,31)(H2,25,26,27)/t15-,16-,18-/m1/s1. The third-order valence-electron chi connectivity index (χ3n) is 5.13. The van der Waals surface area contributed by atoms with Crippen LogP contribution in [-0.4, -0.2) is 60.2 Å². The van der Waals surface area contributed by atoms with E-state index in [2.05, 4.69) is 18.5 Å².